The molecule has 4 amide bonds. The summed E-state index contributed by atoms with van der Waals surface area (Å²) in [6, 6.07) is 6.96. The predicted octanol–water partition coefficient (Wildman–Crippen LogP) is 2.60. The van der Waals surface area contributed by atoms with Gasteiger partial charge in [0, 0.05) is 16.1 Å². The molecule has 0 saturated carbocycles. The lowest BCUT2D eigenvalue weighted by atomic mass is 9.99. The molecule has 0 aliphatic rings. The van der Waals surface area contributed by atoms with Gasteiger partial charge in [-0.25, -0.2) is 13.1 Å². The summed E-state index contributed by atoms with van der Waals surface area (Å²) in [4.78, 5) is 61.6. The van der Waals surface area contributed by atoms with E-state index in [9.17, 15) is 45.6 Å². The molecular weight excluding hydrogens is 617 g/mol. The van der Waals surface area contributed by atoms with E-state index in [0.29, 0.717) is 5.02 Å². The summed E-state index contributed by atoms with van der Waals surface area (Å²) in [5.74, 6) is -7.05. The molecule has 16 heteroatoms. The maximum absolute atomic E-state index is 12.8. The number of carbonyl (C=O) groups is 5. The largest absolute Gasteiger partial charge is 0.452 e. The van der Waals surface area contributed by atoms with Crippen LogP contribution in [0.1, 0.15) is 48.4 Å². The zero-order chi connectivity index (χ0) is 32.7. The average molecular weight is 647 g/mol. The van der Waals surface area contributed by atoms with Crippen LogP contribution in [0.15, 0.2) is 53.4 Å². The van der Waals surface area contributed by atoms with Crippen molar-refractivity contribution in [1.82, 2.24) is 20.7 Å². The first-order chi connectivity index (χ1) is 19.8. The molecule has 0 saturated heterocycles. The lowest BCUT2D eigenvalue weighted by Crippen LogP contribution is -2.54. The number of hydrogen-bond donors (Lipinski definition) is 4. The molecule has 2 rings (SSSR count). The smallest absolute Gasteiger partial charge is 0.345 e. The molecule has 0 aliphatic heterocycles. The minimum absolute atomic E-state index is 0.0127. The summed E-state index contributed by atoms with van der Waals surface area (Å²) < 4.78 is 65.2. The van der Waals surface area contributed by atoms with E-state index >= 15 is 0 Å². The fourth-order valence-corrected chi connectivity index (χ4v) is 4.70. The quantitative estimate of drug-likeness (QED) is 0.275. The minimum Gasteiger partial charge on any atom is -0.345 e. The average Bonchev–Trinajstić information content (AvgIpc) is 2.92. The van der Waals surface area contributed by atoms with Crippen LogP contribution in [0, 0.1) is 11.8 Å². The molecule has 4 N–H and O–H groups in total. The van der Waals surface area contributed by atoms with E-state index in [1.165, 1.54) is 62.4 Å². The zero-order valence-corrected chi connectivity index (χ0v) is 25.0. The molecule has 0 radical (unpaired) electrons. The summed E-state index contributed by atoms with van der Waals surface area (Å²) in [7, 11) is -4.20. The number of halogens is 4. The molecule has 43 heavy (non-hydrogen) atoms. The predicted molar refractivity (Wildman–Crippen MR) is 149 cm³/mol. The molecule has 1 unspecified atom stereocenters. The van der Waals surface area contributed by atoms with Gasteiger partial charge >= 0.3 is 6.18 Å². The molecule has 0 spiro atoms. The van der Waals surface area contributed by atoms with Gasteiger partial charge in [0.05, 0.1) is 17.5 Å². The Kier molecular flexibility index (Phi) is 11.8. The molecule has 0 heterocycles. The number of carbonyl (C=O) groups excluding carboxylic acids is 5. The summed E-state index contributed by atoms with van der Waals surface area (Å²) >= 11 is 5.75. The molecule has 11 nitrogen and oxygen atoms in total. The van der Waals surface area contributed by atoms with Gasteiger partial charge in [0.1, 0.15) is 6.04 Å². The van der Waals surface area contributed by atoms with E-state index < -0.39 is 76.1 Å². The highest BCUT2D eigenvalue weighted by molar-refractivity contribution is 7.90. The normalized spacial score (nSPS) is 13.2. The van der Waals surface area contributed by atoms with E-state index in [-0.39, 0.29) is 16.0 Å². The first kappa shape index (κ1) is 35.2. The summed E-state index contributed by atoms with van der Waals surface area (Å²) in [5.41, 5.74) is -0.0688. The molecule has 2 atom stereocenters. The van der Waals surface area contributed by atoms with Crippen molar-refractivity contribution < 1.29 is 45.6 Å². The fraction of sp³-hybridized carbons (Fsp3) is 0.370. The van der Waals surface area contributed by atoms with Gasteiger partial charge in [-0.05, 0) is 60.4 Å². The van der Waals surface area contributed by atoms with Crippen molar-refractivity contribution >= 4 is 51.0 Å². The summed E-state index contributed by atoms with van der Waals surface area (Å²) in [5, 5.41) is 6.97. The highest BCUT2D eigenvalue weighted by Crippen LogP contribution is 2.21. The Balaban J connectivity index is 2.02. The lowest BCUT2D eigenvalue weighted by Gasteiger charge is -2.24. The second-order valence-electron chi connectivity index (χ2n) is 10.0. The highest BCUT2D eigenvalue weighted by Gasteiger charge is 2.45. The summed E-state index contributed by atoms with van der Waals surface area (Å²) in [6.45, 7) is 5.07. The van der Waals surface area contributed by atoms with Crippen LogP contribution in [-0.4, -0.2) is 62.6 Å². The number of nitrogens with one attached hydrogen (secondary N) is 4. The Morgan fingerprint density at radius 3 is 1.72 bits per heavy atom. The Hall–Kier alpha value is -3.98. The molecule has 2 aromatic rings. The van der Waals surface area contributed by atoms with Crippen LogP contribution in [0.25, 0.3) is 0 Å². The number of alkyl halides is 3. The van der Waals surface area contributed by atoms with Crippen molar-refractivity contribution in [3.63, 3.8) is 0 Å². The van der Waals surface area contributed by atoms with Gasteiger partial charge in [0.2, 0.25) is 11.8 Å². The Labute approximate surface area is 251 Å². The minimum atomic E-state index is -5.16. The van der Waals surface area contributed by atoms with E-state index in [1.54, 1.807) is 13.8 Å². The monoisotopic (exact) mass is 646 g/mol. The standard InChI is InChI=1S/C27H30ClF3N4O7S/c1-14(2)21(23(37)27(29,30)31)33-20(36)13-32-26(40)22(15(3)4)34-24(38)16-5-7-17(8-6-16)25(39)35-43(41,42)19-11-9-18(28)10-12-19/h5-12,14-15,21-22H,13H2,1-4H3,(H,32,40)(H,33,36)(H,34,38)(H,35,39)/t21?,22-/m0/s1. The first-order valence-electron chi connectivity index (χ1n) is 12.7. The molecule has 0 aliphatic carbocycles. The van der Waals surface area contributed by atoms with Crippen molar-refractivity contribution in [2.75, 3.05) is 6.54 Å². The number of sulfonamides is 1. The Bertz CT molecular complexity index is 1460. The second kappa shape index (κ2) is 14.5. The van der Waals surface area contributed by atoms with E-state index in [1.807, 2.05) is 10.0 Å². The number of Topliss-reactive ketones (excluding diaryl/α,β-unsaturated/α-hetero) is 1. The maximum Gasteiger partial charge on any atom is 0.452 e. The number of hydrogen-bond acceptors (Lipinski definition) is 7. The van der Waals surface area contributed by atoms with Crippen molar-refractivity contribution in [1.29, 1.82) is 0 Å². The topological polar surface area (TPSA) is 168 Å². The first-order valence-corrected chi connectivity index (χ1v) is 14.6. The Morgan fingerprint density at radius 1 is 0.767 bits per heavy atom. The lowest BCUT2D eigenvalue weighted by molar-refractivity contribution is -0.174. The molecular formula is C27H30ClF3N4O7S. The van der Waals surface area contributed by atoms with Gasteiger partial charge in [-0.2, -0.15) is 13.2 Å². The van der Waals surface area contributed by atoms with Crippen LogP contribution in [-0.2, 0) is 24.4 Å². The van der Waals surface area contributed by atoms with Gasteiger partial charge in [-0.1, -0.05) is 39.3 Å². The van der Waals surface area contributed by atoms with Gasteiger partial charge < -0.3 is 16.0 Å². The van der Waals surface area contributed by atoms with Crippen molar-refractivity contribution in [2.24, 2.45) is 11.8 Å². The second-order valence-corrected chi connectivity index (χ2v) is 12.1. The third-order valence-corrected chi connectivity index (χ3v) is 7.56. The van der Waals surface area contributed by atoms with Gasteiger partial charge in [0.25, 0.3) is 27.6 Å². The maximum atomic E-state index is 12.8. The zero-order valence-electron chi connectivity index (χ0n) is 23.4. The fourth-order valence-electron chi connectivity index (χ4n) is 3.60. The molecule has 234 valence electrons. The van der Waals surface area contributed by atoms with Gasteiger partial charge in [0.15, 0.2) is 0 Å². The molecule has 2 aromatic carbocycles. The molecule has 0 fully saturated rings. The van der Waals surface area contributed by atoms with Crippen molar-refractivity contribution in [3.8, 4) is 0 Å². The Morgan fingerprint density at radius 2 is 1.26 bits per heavy atom. The van der Waals surface area contributed by atoms with Gasteiger partial charge in [-0.3, -0.25) is 24.0 Å². The van der Waals surface area contributed by atoms with Crippen LogP contribution >= 0.6 is 11.6 Å². The van der Waals surface area contributed by atoms with E-state index in [2.05, 4.69) is 10.6 Å². The SMILES string of the molecule is CC(C)C(NC(=O)CNC(=O)[C@@H](NC(=O)c1ccc(C(=O)NS(=O)(=O)c2ccc(Cl)cc2)cc1)C(C)C)C(=O)C(F)(F)F. The van der Waals surface area contributed by atoms with Crippen LogP contribution in [0.2, 0.25) is 5.02 Å². The number of ketones is 1. The summed E-state index contributed by atoms with van der Waals surface area (Å²) in [6.07, 6.45) is -5.16. The van der Waals surface area contributed by atoms with Crippen LogP contribution in [0.4, 0.5) is 13.2 Å². The molecule has 0 bridgehead atoms. The number of amides is 4. The molecule has 0 aromatic heterocycles. The third-order valence-electron chi connectivity index (χ3n) is 5.96. The third kappa shape index (κ3) is 10.1. The highest BCUT2D eigenvalue weighted by atomic mass is 35.5. The van der Waals surface area contributed by atoms with Crippen LogP contribution in [0.3, 0.4) is 0 Å². The van der Waals surface area contributed by atoms with E-state index in [4.69, 9.17) is 11.6 Å². The van der Waals surface area contributed by atoms with Crippen LogP contribution in [0.5, 0.6) is 0 Å². The number of benzene rings is 2. The van der Waals surface area contributed by atoms with Crippen molar-refractivity contribution in [3.05, 3.63) is 64.7 Å². The number of rotatable bonds is 12. The van der Waals surface area contributed by atoms with E-state index in [0.717, 1.165) is 0 Å². The van der Waals surface area contributed by atoms with Crippen molar-refractivity contribution in [2.45, 2.75) is 50.9 Å². The van der Waals surface area contributed by atoms with Crippen LogP contribution < -0.4 is 20.7 Å². The van der Waals surface area contributed by atoms with Gasteiger partial charge in [-0.15, -0.1) is 0 Å².